The highest BCUT2D eigenvalue weighted by molar-refractivity contribution is 6.04. The summed E-state index contributed by atoms with van der Waals surface area (Å²) in [7, 11) is 0. The largest absolute Gasteiger partial charge is 0.382 e. The quantitative estimate of drug-likeness (QED) is 0.351. The summed E-state index contributed by atoms with van der Waals surface area (Å²) in [6.45, 7) is 5.91. The van der Waals surface area contributed by atoms with Gasteiger partial charge in [-0.05, 0) is 50.1 Å². The van der Waals surface area contributed by atoms with E-state index in [1.807, 2.05) is 42.7 Å². The van der Waals surface area contributed by atoms with Crippen LogP contribution in [0.1, 0.15) is 24.7 Å². The molecule has 33 heavy (non-hydrogen) atoms. The molecule has 0 bridgehead atoms. The van der Waals surface area contributed by atoms with Gasteiger partial charge >= 0.3 is 0 Å². The van der Waals surface area contributed by atoms with Crippen LogP contribution in [0.2, 0.25) is 0 Å². The van der Waals surface area contributed by atoms with Gasteiger partial charge in [0, 0.05) is 19.8 Å². The molecule has 0 aliphatic rings. The number of nitrogens with zero attached hydrogens (tertiary/aromatic N) is 5. The van der Waals surface area contributed by atoms with Gasteiger partial charge in [0.1, 0.15) is 22.5 Å². The van der Waals surface area contributed by atoms with E-state index in [1.54, 1.807) is 16.7 Å². The van der Waals surface area contributed by atoms with E-state index < -0.39 is 0 Å². The molecule has 0 unspecified atom stereocenters. The fourth-order valence-electron chi connectivity index (χ4n) is 4.15. The van der Waals surface area contributed by atoms with Gasteiger partial charge in [-0.25, -0.2) is 19.3 Å². The van der Waals surface area contributed by atoms with Gasteiger partial charge < -0.3 is 9.30 Å². The van der Waals surface area contributed by atoms with Gasteiger partial charge in [0.15, 0.2) is 11.3 Å². The second-order valence-corrected chi connectivity index (χ2v) is 7.96. The van der Waals surface area contributed by atoms with E-state index in [1.165, 1.54) is 12.1 Å². The molecule has 3 aromatic heterocycles. The minimum atomic E-state index is -0.296. The zero-order valence-electron chi connectivity index (χ0n) is 18.6. The highest BCUT2D eigenvalue weighted by Gasteiger charge is 2.21. The minimum absolute atomic E-state index is 0.138. The van der Waals surface area contributed by atoms with Crippen LogP contribution in [0.15, 0.2) is 53.3 Å². The summed E-state index contributed by atoms with van der Waals surface area (Å²) in [6.07, 6.45) is 0.713. The Morgan fingerprint density at radius 3 is 2.39 bits per heavy atom. The predicted octanol–water partition coefficient (Wildman–Crippen LogP) is 4.22. The van der Waals surface area contributed by atoms with Crippen molar-refractivity contribution < 1.29 is 9.13 Å². The number of benzene rings is 2. The second-order valence-electron chi connectivity index (χ2n) is 7.96. The van der Waals surface area contributed by atoms with E-state index in [0.717, 1.165) is 11.1 Å². The first-order chi connectivity index (χ1) is 16.1. The van der Waals surface area contributed by atoms with Crippen molar-refractivity contribution in [1.82, 2.24) is 24.1 Å². The SMILES string of the molecule is CCOCCCn1c(C)nc2c(c1=O)c1nc3ccccc3nc1n2Cc1ccc(F)cc1. The third-order valence-corrected chi connectivity index (χ3v) is 5.77. The first-order valence-electron chi connectivity index (χ1n) is 11.0. The highest BCUT2D eigenvalue weighted by atomic mass is 19.1. The maximum atomic E-state index is 13.6. The molecular formula is C25H24FN5O2. The maximum Gasteiger partial charge on any atom is 0.265 e. The van der Waals surface area contributed by atoms with Gasteiger partial charge in [-0.2, -0.15) is 0 Å². The van der Waals surface area contributed by atoms with E-state index in [9.17, 15) is 9.18 Å². The Bertz CT molecular complexity index is 1520. The fraction of sp³-hybridized carbons (Fsp3) is 0.280. The molecule has 168 valence electrons. The van der Waals surface area contributed by atoms with Crippen molar-refractivity contribution in [3.05, 3.63) is 76.1 Å². The van der Waals surface area contributed by atoms with Crippen LogP contribution in [0, 0.1) is 12.7 Å². The molecule has 0 radical (unpaired) electrons. The number of ether oxygens (including phenoxy) is 1. The number of hydrogen-bond acceptors (Lipinski definition) is 5. The Morgan fingerprint density at radius 2 is 1.67 bits per heavy atom. The molecule has 0 aliphatic heterocycles. The standard InChI is InChI=1S/C25H24FN5O2/c1-3-33-14-6-13-30-16(2)27-23-21(25(30)32)22-24(29-20-8-5-4-7-19(20)28-22)31(23)15-17-9-11-18(26)12-10-17/h4-5,7-12H,3,6,13-15H2,1-2H3. The van der Waals surface area contributed by atoms with Crippen molar-refractivity contribution in [3.63, 3.8) is 0 Å². The number of aryl methyl sites for hydroxylation is 1. The lowest BCUT2D eigenvalue weighted by Gasteiger charge is -2.11. The summed E-state index contributed by atoms with van der Waals surface area (Å²) in [4.78, 5) is 28.1. The molecule has 0 atom stereocenters. The van der Waals surface area contributed by atoms with Crippen LogP contribution in [0.4, 0.5) is 4.39 Å². The lowest BCUT2D eigenvalue weighted by molar-refractivity contribution is 0.141. The third kappa shape index (κ3) is 3.87. The molecule has 8 heteroatoms. The van der Waals surface area contributed by atoms with E-state index in [-0.39, 0.29) is 11.4 Å². The van der Waals surface area contributed by atoms with Gasteiger partial charge in [0.2, 0.25) is 0 Å². The molecule has 3 heterocycles. The molecule has 7 nitrogen and oxygen atoms in total. The molecule has 5 aromatic rings. The van der Waals surface area contributed by atoms with Gasteiger partial charge in [0.25, 0.3) is 5.56 Å². The smallest absolute Gasteiger partial charge is 0.265 e. The summed E-state index contributed by atoms with van der Waals surface area (Å²) in [5.41, 5.74) is 3.85. The topological polar surface area (TPSA) is 74.8 Å². The van der Waals surface area contributed by atoms with Crippen molar-refractivity contribution in [2.75, 3.05) is 13.2 Å². The monoisotopic (exact) mass is 445 g/mol. The van der Waals surface area contributed by atoms with E-state index in [2.05, 4.69) is 0 Å². The lowest BCUT2D eigenvalue weighted by atomic mass is 10.2. The van der Waals surface area contributed by atoms with Crippen molar-refractivity contribution >= 4 is 33.2 Å². The Balaban J connectivity index is 1.75. The van der Waals surface area contributed by atoms with Gasteiger partial charge in [-0.3, -0.25) is 9.36 Å². The number of halogens is 1. The Hall–Kier alpha value is -3.65. The average molecular weight is 445 g/mol. The van der Waals surface area contributed by atoms with Gasteiger partial charge in [0.05, 0.1) is 17.6 Å². The molecule has 0 amide bonds. The summed E-state index contributed by atoms with van der Waals surface area (Å²) < 4.78 is 22.5. The number of fused-ring (bicyclic) bond motifs is 4. The van der Waals surface area contributed by atoms with E-state index >= 15 is 0 Å². The van der Waals surface area contributed by atoms with Crippen LogP contribution in [0.3, 0.4) is 0 Å². The van der Waals surface area contributed by atoms with Crippen LogP contribution in [0.25, 0.3) is 33.2 Å². The summed E-state index contributed by atoms with van der Waals surface area (Å²) in [5, 5.41) is 0.451. The van der Waals surface area contributed by atoms with E-state index in [0.29, 0.717) is 66.3 Å². The lowest BCUT2D eigenvalue weighted by Crippen LogP contribution is -2.25. The predicted molar refractivity (Wildman–Crippen MR) is 126 cm³/mol. The number of para-hydroxylation sites is 2. The Kier molecular flexibility index (Phi) is 5.60. The normalized spacial score (nSPS) is 11.7. The van der Waals surface area contributed by atoms with Gasteiger partial charge in [-0.15, -0.1) is 0 Å². The minimum Gasteiger partial charge on any atom is -0.382 e. The molecule has 0 saturated heterocycles. The highest BCUT2D eigenvalue weighted by Crippen LogP contribution is 2.26. The number of hydrogen-bond donors (Lipinski definition) is 0. The summed E-state index contributed by atoms with van der Waals surface area (Å²) in [5.74, 6) is 0.326. The zero-order chi connectivity index (χ0) is 22.9. The first kappa shape index (κ1) is 21.2. The third-order valence-electron chi connectivity index (χ3n) is 5.77. The zero-order valence-corrected chi connectivity index (χ0v) is 18.6. The Labute approximate surface area is 189 Å². The molecular weight excluding hydrogens is 421 g/mol. The number of aromatic nitrogens is 5. The van der Waals surface area contributed by atoms with E-state index in [4.69, 9.17) is 19.7 Å². The molecule has 5 rings (SSSR count). The summed E-state index contributed by atoms with van der Waals surface area (Å²) >= 11 is 0. The van der Waals surface area contributed by atoms with Gasteiger partial charge in [-0.1, -0.05) is 24.3 Å². The van der Waals surface area contributed by atoms with Crippen molar-refractivity contribution in [2.45, 2.75) is 33.4 Å². The van der Waals surface area contributed by atoms with Crippen LogP contribution in [0.5, 0.6) is 0 Å². The van der Waals surface area contributed by atoms with Crippen LogP contribution in [-0.2, 0) is 17.8 Å². The van der Waals surface area contributed by atoms with Crippen LogP contribution < -0.4 is 5.56 Å². The summed E-state index contributed by atoms with van der Waals surface area (Å²) in [6, 6.07) is 13.9. The molecule has 0 fully saturated rings. The first-order valence-corrected chi connectivity index (χ1v) is 11.0. The van der Waals surface area contributed by atoms with Crippen molar-refractivity contribution in [2.24, 2.45) is 0 Å². The molecule has 0 spiro atoms. The molecule has 0 aliphatic carbocycles. The second kappa shape index (κ2) is 8.71. The molecule has 2 aromatic carbocycles. The molecule has 0 N–H and O–H groups in total. The molecule has 0 saturated carbocycles. The van der Waals surface area contributed by atoms with Crippen molar-refractivity contribution in [1.29, 1.82) is 0 Å². The fourth-order valence-corrected chi connectivity index (χ4v) is 4.15. The number of rotatable bonds is 7. The van der Waals surface area contributed by atoms with Crippen LogP contribution in [-0.4, -0.2) is 37.3 Å². The average Bonchev–Trinajstić information content (AvgIpc) is 3.10. The van der Waals surface area contributed by atoms with Crippen LogP contribution >= 0.6 is 0 Å². The Morgan fingerprint density at radius 1 is 0.939 bits per heavy atom. The van der Waals surface area contributed by atoms with Crippen molar-refractivity contribution in [3.8, 4) is 0 Å². The maximum absolute atomic E-state index is 13.6.